The minimum Gasteiger partial charge on any atom is -0.481 e. The number of hydrogen-bond acceptors (Lipinski definition) is 2. The highest BCUT2D eigenvalue weighted by molar-refractivity contribution is 5.88. The van der Waals surface area contributed by atoms with Crippen molar-refractivity contribution in [3.05, 3.63) is 36.5 Å². The highest BCUT2D eigenvalue weighted by Gasteiger charge is 2.36. The van der Waals surface area contributed by atoms with E-state index in [0.717, 1.165) is 24.5 Å². The van der Waals surface area contributed by atoms with Crippen molar-refractivity contribution in [1.82, 2.24) is 0 Å². The van der Waals surface area contributed by atoms with Crippen LogP contribution in [0.1, 0.15) is 64.7 Å². The van der Waals surface area contributed by atoms with Crippen LogP contribution < -0.4 is 0 Å². The molecule has 1 aliphatic carbocycles. The number of alkyl halides is 2. The number of carboxylic acids is 1. The maximum absolute atomic E-state index is 13.9. The lowest BCUT2D eigenvalue weighted by Gasteiger charge is -2.16. The summed E-state index contributed by atoms with van der Waals surface area (Å²) in [6.07, 6.45) is 10.1. The maximum atomic E-state index is 13.9. The Kier molecular flexibility index (Phi) is 9.46. The van der Waals surface area contributed by atoms with Crippen LogP contribution in [0, 0.1) is 11.8 Å². The SMILES string of the molecule is C=C1CC(=O)C(C=CC(F)(F)CCCCC)C1C/C=C\CCCC(=O)O. The summed E-state index contributed by atoms with van der Waals surface area (Å²) < 4.78 is 27.9. The first-order valence-electron chi connectivity index (χ1n) is 9.41. The van der Waals surface area contributed by atoms with Crippen LogP contribution in [0.25, 0.3) is 0 Å². The standard InChI is InChI=1S/C21H30F2O3/c1-3-4-9-13-21(22,23)14-12-18-17(16(2)15-19(18)24)10-7-5-6-8-11-20(25)26/h5,7,12,14,17-18H,2-4,6,8-11,13,15H2,1H3,(H,25,26)/b7-5-,14-12?. The Morgan fingerprint density at radius 3 is 2.69 bits per heavy atom. The molecule has 2 unspecified atom stereocenters. The highest BCUT2D eigenvalue weighted by Crippen LogP contribution is 2.37. The zero-order valence-electron chi connectivity index (χ0n) is 15.6. The number of rotatable bonds is 12. The van der Waals surface area contributed by atoms with Gasteiger partial charge in [0.2, 0.25) is 0 Å². The van der Waals surface area contributed by atoms with Gasteiger partial charge < -0.3 is 5.11 Å². The van der Waals surface area contributed by atoms with Gasteiger partial charge in [-0.3, -0.25) is 9.59 Å². The molecule has 1 saturated carbocycles. The van der Waals surface area contributed by atoms with Crippen LogP contribution in [-0.4, -0.2) is 22.8 Å². The van der Waals surface area contributed by atoms with Gasteiger partial charge in [0.25, 0.3) is 5.92 Å². The van der Waals surface area contributed by atoms with Crippen molar-refractivity contribution in [3.63, 3.8) is 0 Å². The van der Waals surface area contributed by atoms with Crippen LogP contribution in [0.5, 0.6) is 0 Å². The van der Waals surface area contributed by atoms with E-state index >= 15 is 0 Å². The van der Waals surface area contributed by atoms with Gasteiger partial charge >= 0.3 is 5.97 Å². The van der Waals surface area contributed by atoms with Crippen molar-refractivity contribution in [2.24, 2.45) is 11.8 Å². The Morgan fingerprint density at radius 1 is 1.31 bits per heavy atom. The van der Waals surface area contributed by atoms with Crippen LogP contribution >= 0.6 is 0 Å². The molecule has 1 rings (SSSR count). The first-order valence-corrected chi connectivity index (χ1v) is 9.41. The summed E-state index contributed by atoms with van der Waals surface area (Å²) >= 11 is 0. The van der Waals surface area contributed by atoms with Gasteiger partial charge in [0.15, 0.2) is 0 Å². The Bertz CT molecular complexity index is 549. The van der Waals surface area contributed by atoms with Crippen LogP contribution in [0.15, 0.2) is 36.5 Å². The molecule has 0 aromatic heterocycles. The molecular weight excluding hydrogens is 338 g/mol. The zero-order chi connectivity index (χ0) is 19.6. The molecule has 0 aromatic rings. The van der Waals surface area contributed by atoms with E-state index in [1.54, 1.807) is 0 Å². The average Bonchev–Trinajstić information content (AvgIpc) is 2.82. The van der Waals surface area contributed by atoms with E-state index in [0.29, 0.717) is 25.7 Å². The second kappa shape index (κ2) is 11.0. The first-order chi connectivity index (χ1) is 12.3. The number of hydrogen-bond donors (Lipinski definition) is 1. The van der Waals surface area contributed by atoms with Crippen LogP contribution in [0.3, 0.4) is 0 Å². The third-order valence-corrected chi connectivity index (χ3v) is 4.71. The molecule has 5 heteroatoms. The van der Waals surface area contributed by atoms with E-state index in [4.69, 9.17) is 5.11 Å². The van der Waals surface area contributed by atoms with Crippen LogP contribution in [0.2, 0.25) is 0 Å². The van der Waals surface area contributed by atoms with Gasteiger partial charge in [0.05, 0.1) is 0 Å². The number of carboxylic acid groups (broad SMARTS) is 1. The van der Waals surface area contributed by atoms with Crippen molar-refractivity contribution in [3.8, 4) is 0 Å². The first kappa shape index (κ1) is 22.3. The number of allylic oxidation sites excluding steroid dienone is 5. The third kappa shape index (κ3) is 8.07. The second-order valence-corrected chi connectivity index (χ2v) is 7.00. The van der Waals surface area contributed by atoms with Gasteiger partial charge in [-0.1, -0.05) is 50.1 Å². The van der Waals surface area contributed by atoms with E-state index in [1.165, 1.54) is 6.08 Å². The summed E-state index contributed by atoms with van der Waals surface area (Å²) in [7, 11) is 0. The van der Waals surface area contributed by atoms with Gasteiger partial charge in [-0.15, -0.1) is 0 Å². The van der Waals surface area contributed by atoms with Gasteiger partial charge in [-0.2, -0.15) is 0 Å². The van der Waals surface area contributed by atoms with E-state index < -0.39 is 17.8 Å². The van der Waals surface area contributed by atoms with Crippen molar-refractivity contribution < 1.29 is 23.5 Å². The topological polar surface area (TPSA) is 54.4 Å². The molecule has 2 atom stereocenters. The molecule has 3 nitrogen and oxygen atoms in total. The summed E-state index contributed by atoms with van der Waals surface area (Å²) in [5.41, 5.74) is 0.786. The lowest BCUT2D eigenvalue weighted by Crippen LogP contribution is -2.16. The van der Waals surface area contributed by atoms with Gasteiger partial charge in [0, 0.05) is 25.2 Å². The summed E-state index contributed by atoms with van der Waals surface area (Å²) in [5.74, 6) is -4.45. The Hall–Kier alpha value is -1.78. The number of halogens is 2. The number of ketones is 1. The number of aliphatic carboxylic acids is 1. The minimum atomic E-state index is -2.88. The predicted octanol–water partition coefficient (Wildman–Crippen LogP) is 5.72. The van der Waals surface area contributed by atoms with E-state index in [-0.39, 0.29) is 31.0 Å². The molecule has 0 aliphatic heterocycles. The lowest BCUT2D eigenvalue weighted by molar-refractivity contribution is -0.137. The lowest BCUT2D eigenvalue weighted by atomic mass is 9.89. The minimum absolute atomic E-state index is 0.0557. The van der Waals surface area contributed by atoms with Crippen molar-refractivity contribution in [2.45, 2.75) is 70.6 Å². The molecule has 0 saturated heterocycles. The van der Waals surface area contributed by atoms with E-state index in [2.05, 4.69) is 6.58 Å². The molecule has 1 aliphatic rings. The Morgan fingerprint density at radius 2 is 2.04 bits per heavy atom. The van der Waals surface area contributed by atoms with Crippen LogP contribution in [-0.2, 0) is 9.59 Å². The predicted molar refractivity (Wildman–Crippen MR) is 99.2 cm³/mol. The fourth-order valence-corrected chi connectivity index (χ4v) is 3.18. The summed E-state index contributed by atoms with van der Waals surface area (Å²) in [6.45, 7) is 5.89. The fourth-order valence-electron chi connectivity index (χ4n) is 3.18. The molecule has 0 spiro atoms. The molecule has 0 aromatic carbocycles. The Labute approximate surface area is 154 Å². The molecule has 0 bridgehead atoms. The zero-order valence-corrected chi connectivity index (χ0v) is 15.6. The van der Waals surface area contributed by atoms with E-state index in [9.17, 15) is 18.4 Å². The second-order valence-electron chi connectivity index (χ2n) is 7.00. The molecule has 0 radical (unpaired) electrons. The maximum Gasteiger partial charge on any atom is 0.303 e. The molecule has 0 heterocycles. The quantitative estimate of drug-likeness (QED) is 0.354. The van der Waals surface area contributed by atoms with Gasteiger partial charge in [0.1, 0.15) is 5.78 Å². The van der Waals surface area contributed by atoms with Gasteiger partial charge in [-0.05, 0) is 37.7 Å². The normalized spacial score (nSPS) is 21.3. The number of carbonyl (C=O) groups excluding carboxylic acids is 1. The number of carbonyl (C=O) groups is 2. The summed E-state index contributed by atoms with van der Waals surface area (Å²) in [4.78, 5) is 22.6. The Balaban J connectivity index is 2.59. The molecule has 146 valence electrons. The van der Waals surface area contributed by atoms with Gasteiger partial charge in [-0.25, -0.2) is 8.78 Å². The third-order valence-electron chi connectivity index (χ3n) is 4.71. The van der Waals surface area contributed by atoms with Crippen LogP contribution in [0.4, 0.5) is 8.78 Å². The molecule has 1 N–H and O–H groups in total. The van der Waals surface area contributed by atoms with Crippen molar-refractivity contribution in [2.75, 3.05) is 0 Å². The largest absolute Gasteiger partial charge is 0.481 e. The van der Waals surface area contributed by atoms with Crippen molar-refractivity contribution >= 4 is 11.8 Å². The molecular formula is C21H30F2O3. The van der Waals surface area contributed by atoms with Crippen molar-refractivity contribution in [1.29, 1.82) is 0 Å². The number of Topliss-reactive ketones (excluding diaryl/α,β-unsaturated/α-hetero) is 1. The smallest absolute Gasteiger partial charge is 0.303 e. The molecule has 0 amide bonds. The summed E-state index contributed by atoms with van der Waals surface area (Å²) in [5, 5.41) is 8.59. The summed E-state index contributed by atoms with van der Waals surface area (Å²) in [6, 6.07) is 0. The monoisotopic (exact) mass is 368 g/mol. The number of unbranched alkanes of at least 4 members (excludes halogenated alkanes) is 3. The fraction of sp³-hybridized carbons (Fsp3) is 0.619. The molecule has 1 fully saturated rings. The highest BCUT2D eigenvalue weighted by atomic mass is 19.3. The van der Waals surface area contributed by atoms with E-state index in [1.807, 2.05) is 19.1 Å². The molecule has 26 heavy (non-hydrogen) atoms. The average molecular weight is 368 g/mol.